The van der Waals surface area contributed by atoms with Crippen molar-refractivity contribution in [3.8, 4) is 22.8 Å². The molecule has 0 atom stereocenters. The van der Waals surface area contributed by atoms with E-state index in [1.807, 2.05) is 36.4 Å². The first-order chi connectivity index (χ1) is 17.9. The number of nitrogens with zero attached hydrogens (tertiary/aromatic N) is 6. The first-order valence-corrected chi connectivity index (χ1v) is 12.3. The van der Waals surface area contributed by atoms with Crippen LogP contribution >= 0.6 is 11.8 Å². The molecule has 1 aliphatic rings. The third-order valence-corrected chi connectivity index (χ3v) is 6.48. The van der Waals surface area contributed by atoms with Crippen LogP contribution in [0.4, 0.5) is 18.9 Å². The molecular weight excluding hydrogens is 501 g/mol. The minimum Gasteiger partial charge on any atom is -0.406 e. The molecule has 188 valence electrons. The molecule has 11 heteroatoms. The predicted octanol–water partition coefficient (Wildman–Crippen LogP) is 6.08. The topological polar surface area (TPSA) is 67.9 Å². The minimum atomic E-state index is -4.73. The Morgan fingerprint density at radius 1 is 1.00 bits per heavy atom. The number of anilines is 1. The Bertz CT molecular complexity index is 1430. The lowest BCUT2D eigenvalue weighted by Gasteiger charge is -2.19. The maximum absolute atomic E-state index is 12.3. The Kier molecular flexibility index (Phi) is 6.95. The molecule has 0 amide bonds. The van der Waals surface area contributed by atoms with Gasteiger partial charge in [0.1, 0.15) is 12.1 Å². The van der Waals surface area contributed by atoms with Crippen LogP contribution in [0.15, 0.2) is 89.3 Å². The van der Waals surface area contributed by atoms with Crippen LogP contribution in [0.3, 0.4) is 0 Å². The number of aromatic nitrogens is 3. The van der Waals surface area contributed by atoms with Gasteiger partial charge in [0.25, 0.3) is 0 Å². The van der Waals surface area contributed by atoms with Crippen LogP contribution in [0.1, 0.15) is 11.1 Å². The number of thioether (sulfide) groups is 1. The lowest BCUT2D eigenvalue weighted by Crippen LogP contribution is -2.24. The first kappa shape index (κ1) is 24.6. The van der Waals surface area contributed by atoms with Gasteiger partial charge in [-0.25, -0.2) is 9.67 Å². The summed E-state index contributed by atoms with van der Waals surface area (Å²) in [7, 11) is 0. The van der Waals surface area contributed by atoms with E-state index in [4.69, 9.17) is 0 Å². The zero-order chi connectivity index (χ0) is 25.8. The molecule has 1 aromatic heterocycles. The summed E-state index contributed by atoms with van der Waals surface area (Å²) in [6.07, 6.45) is -1.54. The van der Waals surface area contributed by atoms with Crippen LogP contribution in [-0.4, -0.2) is 44.8 Å². The zero-order valence-corrected chi connectivity index (χ0v) is 20.4. The van der Waals surface area contributed by atoms with Gasteiger partial charge in [0.15, 0.2) is 11.0 Å². The number of hydrogen-bond acceptors (Lipinski definition) is 6. The van der Waals surface area contributed by atoms with Crippen molar-refractivity contribution in [3.05, 3.63) is 90.3 Å². The molecule has 4 aromatic rings. The van der Waals surface area contributed by atoms with E-state index in [1.54, 1.807) is 18.0 Å². The number of amidine groups is 1. The molecule has 0 unspecified atom stereocenters. The fraction of sp³-hybridized carbons (Fsp3) is 0.154. The van der Waals surface area contributed by atoms with E-state index in [-0.39, 0.29) is 5.75 Å². The minimum absolute atomic E-state index is 0.298. The second-order valence-electron chi connectivity index (χ2n) is 8.09. The fourth-order valence-corrected chi connectivity index (χ4v) is 4.66. The van der Waals surface area contributed by atoms with Gasteiger partial charge >= 0.3 is 6.36 Å². The third-order valence-electron chi connectivity index (χ3n) is 5.53. The Morgan fingerprint density at radius 3 is 2.49 bits per heavy atom. The molecule has 0 aliphatic carbocycles. The Balaban J connectivity index is 1.25. The van der Waals surface area contributed by atoms with Gasteiger partial charge in [0.2, 0.25) is 0 Å². The molecule has 0 spiro atoms. The van der Waals surface area contributed by atoms with Crippen molar-refractivity contribution in [3.63, 3.8) is 0 Å². The Hall–Kier alpha value is -4.12. The second-order valence-corrected chi connectivity index (χ2v) is 9.15. The van der Waals surface area contributed by atoms with Gasteiger partial charge in [0.05, 0.1) is 11.9 Å². The molecule has 0 N–H and O–H groups in total. The fourth-order valence-electron chi connectivity index (χ4n) is 3.76. The predicted molar refractivity (Wildman–Crippen MR) is 139 cm³/mol. The Morgan fingerprint density at radius 2 is 1.76 bits per heavy atom. The molecule has 3 aromatic carbocycles. The zero-order valence-electron chi connectivity index (χ0n) is 19.6. The highest BCUT2D eigenvalue weighted by Gasteiger charge is 2.31. The maximum Gasteiger partial charge on any atom is 0.573 e. The number of ether oxygens (including phenoxy) is 1. The van der Waals surface area contributed by atoms with Crippen molar-refractivity contribution >= 4 is 28.8 Å². The summed E-state index contributed by atoms with van der Waals surface area (Å²) in [4.78, 5) is 6.49. The van der Waals surface area contributed by atoms with Crippen molar-refractivity contribution in [2.45, 2.75) is 13.3 Å². The van der Waals surface area contributed by atoms with Gasteiger partial charge in [-0.2, -0.15) is 5.10 Å². The summed E-state index contributed by atoms with van der Waals surface area (Å²) in [5.74, 6) is 1.15. The van der Waals surface area contributed by atoms with Gasteiger partial charge in [-0.05, 0) is 48.4 Å². The van der Waals surface area contributed by atoms with Crippen LogP contribution in [0.2, 0.25) is 0 Å². The highest BCUT2D eigenvalue weighted by atomic mass is 32.2. The SMILES string of the molecule is Cc1ccccc1N1CCS/C1=N\N=C\c1ccc(-c2ncn(-c3ccc(OC(F)(F)F)cc3)n2)cc1. The smallest absolute Gasteiger partial charge is 0.406 e. The Labute approximate surface area is 215 Å². The summed E-state index contributed by atoms with van der Waals surface area (Å²) in [5.41, 5.74) is 4.55. The van der Waals surface area contributed by atoms with Crippen LogP contribution in [0, 0.1) is 6.92 Å². The summed E-state index contributed by atoms with van der Waals surface area (Å²) in [6, 6.07) is 21.2. The average molecular weight is 523 g/mol. The van der Waals surface area contributed by atoms with Crippen molar-refractivity contribution < 1.29 is 17.9 Å². The summed E-state index contributed by atoms with van der Waals surface area (Å²) in [6.45, 7) is 2.98. The molecule has 1 saturated heterocycles. The molecule has 0 radical (unpaired) electrons. The highest BCUT2D eigenvalue weighted by Crippen LogP contribution is 2.28. The van der Waals surface area contributed by atoms with E-state index < -0.39 is 6.36 Å². The normalized spacial score (nSPS) is 15.1. The molecule has 1 aliphatic heterocycles. The lowest BCUT2D eigenvalue weighted by atomic mass is 10.1. The summed E-state index contributed by atoms with van der Waals surface area (Å²) < 4.78 is 42.4. The molecule has 0 saturated carbocycles. The standard InChI is InChI=1S/C26H21F3N6OS/c1-18-4-2-3-5-23(18)34-14-15-37-25(34)32-31-16-19-6-8-20(9-7-19)24-30-17-35(33-24)21-10-12-22(13-11-21)36-26(27,28)29/h2-13,16-17H,14-15H2,1H3/b31-16+,32-25-. The van der Waals surface area contributed by atoms with Crippen LogP contribution in [0.5, 0.6) is 5.75 Å². The van der Waals surface area contributed by atoms with Gasteiger partial charge < -0.3 is 9.64 Å². The number of aryl methyl sites for hydroxylation is 1. The highest BCUT2D eigenvalue weighted by molar-refractivity contribution is 8.14. The maximum atomic E-state index is 12.3. The van der Waals surface area contributed by atoms with E-state index in [2.05, 4.69) is 49.0 Å². The molecule has 2 heterocycles. The van der Waals surface area contributed by atoms with Gasteiger partial charge in [-0.1, -0.05) is 54.2 Å². The van der Waals surface area contributed by atoms with E-state index in [9.17, 15) is 13.2 Å². The first-order valence-electron chi connectivity index (χ1n) is 11.3. The van der Waals surface area contributed by atoms with Crippen LogP contribution in [-0.2, 0) is 0 Å². The van der Waals surface area contributed by atoms with Crippen molar-refractivity contribution in [2.75, 3.05) is 17.2 Å². The summed E-state index contributed by atoms with van der Waals surface area (Å²) >= 11 is 1.68. The third kappa shape index (κ3) is 6.00. The number of alkyl halides is 3. The molecule has 37 heavy (non-hydrogen) atoms. The quantitative estimate of drug-likeness (QED) is 0.227. The van der Waals surface area contributed by atoms with Crippen LogP contribution in [0.25, 0.3) is 17.1 Å². The molecule has 7 nitrogen and oxygen atoms in total. The van der Waals surface area contributed by atoms with Gasteiger partial charge in [-0.15, -0.1) is 23.4 Å². The number of rotatable bonds is 6. The number of benzene rings is 3. The van der Waals surface area contributed by atoms with Crippen molar-refractivity contribution in [1.29, 1.82) is 0 Å². The number of hydrogen-bond donors (Lipinski definition) is 0. The second kappa shape index (κ2) is 10.5. The van der Waals surface area contributed by atoms with Crippen molar-refractivity contribution in [1.82, 2.24) is 14.8 Å². The molecule has 0 bridgehead atoms. The van der Waals surface area contributed by atoms with Gasteiger partial charge in [-0.3, -0.25) is 0 Å². The monoisotopic (exact) mass is 522 g/mol. The van der Waals surface area contributed by atoms with Crippen molar-refractivity contribution in [2.24, 2.45) is 10.2 Å². The lowest BCUT2D eigenvalue weighted by molar-refractivity contribution is -0.274. The number of halogens is 3. The molecule has 5 rings (SSSR count). The van der Waals surface area contributed by atoms with E-state index >= 15 is 0 Å². The molecule has 1 fully saturated rings. The van der Waals surface area contributed by atoms with Gasteiger partial charge in [0, 0.05) is 23.5 Å². The van der Waals surface area contributed by atoms with E-state index in [0.717, 1.165) is 34.3 Å². The molecular formula is C26H21F3N6OS. The summed E-state index contributed by atoms with van der Waals surface area (Å²) in [5, 5.41) is 14.0. The van der Waals surface area contributed by atoms with E-state index in [0.29, 0.717) is 11.5 Å². The number of para-hydroxylation sites is 1. The average Bonchev–Trinajstić information content (AvgIpc) is 3.55. The van der Waals surface area contributed by atoms with Crippen LogP contribution < -0.4 is 9.64 Å². The largest absolute Gasteiger partial charge is 0.573 e. The van der Waals surface area contributed by atoms with E-state index in [1.165, 1.54) is 40.8 Å².